The summed E-state index contributed by atoms with van der Waals surface area (Å²) in [5, 5.41) is 20.1. The van der Waals surface area contributed by atoms with Crippen LogP contribution in [0, 0.1) is 24.0 Å². The fraction of sp³-hybridized carbons (Fsp3) is 0.375. The van der Waals surface area contributed by atoms with Crippen LogP contribution >= 0.6 is 11.6 Å². The van der Waals surface area contributed by atoms with Crippen molar-refractivity contribution in [2.45, 2.75) is 45.7 Å². The third kappa shape index (κ3) is 5.20. The van der Waals surface area contributed by atoms with Crippen molar-refractivity contribution < 1.29 is 18.7 Å². The number of pyridine rings is 1. The molecule has 0 unspecified atom stereocenters. The molecule has 1 aromatic carbocycles. The molecule has 1 saturated heterocycles. The SMILES string of the molecule is Cc1cc(Nc2ccc(F)c(C[C@@]3(C(=O)O)CCN(Cc4ccc(Cl)c(F)c4)[C@H](C)C3)n2)n[nH]1. The van der Waals surface area contributed by atoms with E-state index < -0.39 is 23.0 Å². The van der Waals surface area contributed by atoms with Crippen molar-refractivity contribution in [3.8, 4) is 0 Å². The zero-order chi connectivity index (χ0) is 24.5. The number of carbonyl (C=O) groups is 1. The first-order chi connectivity index (χ1) is 16.1. The van der Waals surface area contributed by atoms with E-state index in [2.05, 4.69) is 25.4 Å². The van der Waals surface area contributed by atoms with Crippen LogP contribution in [-0.4, -0.2) is 43.7 Å². The highest BCUT2D eigenvalue weighted by Gasteiger charge is 2.45. The van der Waals surface area contributed by atoms with E-state index in [1.165, 1.54) is 24.3 Å². The molecule has 2 aromatic heterocycles. The van der Waals surface area contributed by atoms with Gasteiger partial charge in [-0.2, -0.15) is 5.10 Å². The lowest BCUT2D eigenvalue weighted by molar-refractivity contribution is -0.153. The number of H-pyrrole nitrogens is 1. The van der Waals surface area contributed by atoms with E-state index in [-0.39, 0.29) is 23.2 Å². The Morgan fingerprint density at radius 2 is 2.06 bits per heavy atom. The summed E-state index contributed by atoms with van der Waals surface area (Å²) >= 11 is 5.77. The second-order valence-electron chi connectivity index (χ2n) is 8.97. The van der Waals surface area contributed by atoms with Crippen LogP contribution in [0.5, 0.6) is 0 Å². The average Bonchev–Trinajstić information content (AvgIpc) is 3.19. The highest BCUT2D eigenvalue weighted by atomic mass is 35.5. The number of aromatic nitrogens is 3. The third-order valence-electron chi connectivity index (χ3n) is 6.40. The number of aryl methyl sites for hydroxylation is 1. The van der Waals surface area contributed by atoms with Gasteiger partial charge in [-0.1, -0.05) is 17.7 Å². The number of anilines is 2. The Labute approximate surface area is 201 Å². The van der Waals surface area contributed by atoms with Gasteiger partial charge in [-0.3, -0.25) is 14.8 Å². The molecule has 7 nitrogen and oxygen atoms in total. The van der Waals surface area contributed by atoms with Crippen LogP contribution in [0.2, 0.25) is 5.02 Å². The number of halogens is 3. The normalized spacial score (nSPS) is 20.9. The molecule has 0 spiro atoms. The molecule has 3 N–H and O–H groups in total. The zero-order valence-electron chi connectivity index (χ0n) is 18.9. The maximum atomic E-state index is 14.7. The predicted octanol–water partition coefficient (Wildman–Crippen LogP) is 5.09. The summed E-state index contributed by atoms with van der Waals surface area (Å²) in [7, 11) is 0. The van der Waals surface area contributed by atoms with Crippen LogP contribution in [0.3, 0.4) is 0 Å². The second-order valence-corrected chi connectivity index (χ2v) is 9.38. The largest absolute Gasteiger partial charge is 0.481 e. The first-order valence-electron chi connectivity index (χ1n) is 11.0. The molecule has 10 heteroatoms. The monoisotopic (exact) mass is 489 g/mol. The first-order valence-corrected chi connectivity index (χ1v) is 11.4. The molecule has 4 rings (SSSR count). The average molecular weight is 490 g/mol. The smallest absolute Gasteiger partial charge is 0.310 e. The minimum Gasteiger partial charge on any atom is -0.481 e. The number of nitrogens with one attached hydrogen (secondary N) is 2. The van der Waals surface area contributed by atoms with Gasteiger partial charge in [-0.25, -0.2) is 13.8 Å². The van der Waals surface area contributed by atoms with Gasteiger partial charge in [0.1, 0.15) is 17.5 Å². The summed E-state index contributed by atoms with van der Waals surface area (Å²) < 4.78 is 28.5. The van der Waals surface area contributed by atoms with Crippen molar-refractivity contribution in [1.29, 1.82) is 0 Å². The molecule has 0 aliphatic carbocycles. The van der Waals surface area contributed by atoms with Crippen molar-refractivity contribution in [2.75, 3.05) is 11.9 Å². The molecule has 0 amide bonds. The van der Waals surface area contributed by atoms with E-state index in [0.29, 0.717) is 37.6 Å². The molecule has 0 saturated carbocycles. The minimum atomic E-state index is -1.16. The van der Waals surface area contributed by atoms with Gasteiger partial charge in [0.15, 0.2) is 5.82 Å². The molecule has 0 radical (unpaired) electrons. The van der Waals surface area contributed by atoms with E-state index in [1.54, 1.807) is 12.1 Å². The second kappa shape index (κ2) is 9.68. The van der Waals surface area contributed by atoms with Crippen LogP contribution in [0.1, 0.15) is 36.7 Å². The summed E-state index contributed by atoms with van der Waals surface area (Å²) in [6.07, 6.45) is 0.604. The molecule has 1 aliphatic rings. The number of aromatic amines is 1. The number of likely N-dealkylation sites (tertiary alicyclic amines) is 1. The van der Waals surface area contributed by atoms with Crippen molar-refractivity contribution in [3.63, 3.8) is 0 Å². The van der Waals surface area contributed by atoms with Crippen LogP contribution in [0.15, 0.2) is 36.4 Å². The van der Waals surface area contributed by atoms with Gasteiger partial charge in [0.05, 0.1) is 16.1 Å². The number of nitrogens with zero attached hydrogens (tertiary/aromatic N) is 3. The molecule has 34 heavy (non-hydrogen) atoms. The third-order valence-corrected chi connectivity index (χ3v) is 6.70. The molecule has 1 aliphatic heterocycles. The van der Waals surface area contributed by atoms with Crippen molar-refractivity contribution in [2.24, 2.45) is 5.41 Å². The summed E-state index contributed by atoms with van der Waals surface area (Å²) in [5.41, 5.74) is 0.560. The maximum absolute atomic E-state index is 14.7. The molecule has 2 atom stereocenters. The number of carboxylic acids is 1. The van der Waals surface area contributed by atoms with Gasteiger partial charge in [-0.15, -0.1) is 0 Å². The van der Waals surface area contributed by atoms with Crippen molar-refractivity contribution in [3.05, 3.63) is 70.0 Å². The van der Waals surface area contributed by atoms with E-state index in [0.717, 1.165) is 11.3 Å². The lowest BCUT2D eigenvalue weighted by atomic mass is 9.72. The number of benzene rings is 1. The lowest BCUT2D eigenvalue weighted by Gasteiger charge is -2.43. The fourth-order valence-electron chi connectivity index (χ4n) is 4.52. The lowest BCUT2D eigenvalue weighted by Crippen LogP contribution is -2.49. The molecule has 180 valence electrons. The van der Waals surface area contributed by atoms with E-state index in [9.17, 15) is 18.7 Å². The summed E-state index contributed by atoms with van der Waals surface area (Å²) in [4.78, 5) is 18.9. The van der Waals surface area contributed by atoms with E-state index in [4.69, 9.17) is 11.6 Å². The Morgan fingerprint density at radius 3 is 2.71 bits per heavy atom. The Kier molecular flexibility index (Phi) is 6.86. The molecular weight excluding hydrogens is 464 g/mol. The van der Waals surface area contributed by atoms with E-state index in [1.807, 2.05) is 13.8 Å². The number of piperidine rings is 1. The Hall–Kier alpha value is -3.04. The number of aliphatic carboxylic acids is 1. The van der Waals surface area contributed by atoms with Gasteiger partial charge < -0.3 is 10.4 Å². The molecule has 3 heterocycles. The van der Waals surface area contributed by atoms with Gasteiger partial charge in [0.25, 0.3) is 0 Å². The minimum absolute atomic E-state index is 0.0307. The van der Waals surface area contributed by atoms with Crippen molar-refractivity contribution >= 4 is 29.2 Å². The summed E-state index contributed by atoms with van der Waals surface area (Å²) in [5.74, 6) is -1.08. The zero-order valence-corrected chi connectivity index (χ0v) is 19.7. The van der Waals surface area contributed by atoms with E-state index >= 15 is 0 Å². The summed E-state index contributed by atoms with van der Waals surface area (Å²) in [6, 6.07) is 9.12. The van der Waals surface area contributed by atoms with Gasteiger partial charge in [-0.05, 0) is 63.1 Å². The molecule has 1 fully saturated rings. The highest BCUT2D eigenvalue weighted by molar-refractivity contribution is 6.30. The topological polar surface area (TPSA) is 94.1 Å². The molecular formula is C24H26ClF2N5O2. The van der Waals surface area contributed by atoms with Crippen LogP contribution in [0.4, 0.5) is 20.4 Å². The van der Waals surface area contributed by atoms with Crippen LogP contribution < -0.4 is 5.32 Å². The van der Waals surface area contributed by atoms with Crippen LogP contribution in [-0.2, 0) is 17.8 Å². The highest BCUT2D eigenvalue weighted by Crippen LogP contribution is 2.39. The van der Waals surface area contributed by atoms with Gasteiger partial charge in [0, 0.05) is 30.8 Å². The molecule has 0 bridgehead atoms. The Balaban J connectivity index is 1.50. The number of hydrogen-bond donors (Lipinski definition) is 3. The first kappa shape index (κ1) is 24.1. The predicted molar refractivity (Wildman–Crippen MR) is 125 cm³/mol. The number of hydrogen-bond acceptors (Lipinski definition) is 5. The number of rotatable bonds is 7. The fourth-order valence-corrected chi connectivity index (χ4v) is 4.64. The Bertz CT molecular complexity index is 1200. The number of carboxylic acid groups (broad SMARTS) is 1. The quantitative estimate of drug-likeness (QED) is 0.428. The maximum Gasteiger partial charge on any atom is 0.310 e. The standard InChI is InChI=1S/C24H26ClF2N5O2/c1-14-9-22(31-30-14)29-21-6-5-18(26)20(28-21)12-24(23(33)34)7-8-32(15(2)11-24)13-16-3-4-17(25)19(27)10-16/h3-6,9-10,15H,7-8,11-13H2,1-2H3,(H,33,34)(H2,28,29,30,31)/t15-,24-/m1/s1. The van der Waals surface area contributed by atoms with Gasteiger partial charge in [0.2, 0.25) is 0 Å². The van der Waals surface area contributed by atoms with Gasteiger partial charge >= 0.3 is 5.97 Å². The van der Waals surface area contributed by atoms with Crippen LogP contribution in [0.25, 0.3) is 0 Å². The molecule has 3 aromatic rings. The van der Waals surface area contributed by atoms with Crippen molar-refractivity contribution in [1.82, 2.24) is 20.1 Å². The summed E-state index contributed by atoms with van der Waals surface area (Å²) in [6.45, 7) is 4.74. The Morgan fingerprint density at radius 1 is 1.26 bits per heavy atom.